The Hall–Kier alpha value is -1.84. The summed E-state index contributed by atoms with van der Waals surface area (Å²) in [4.78, 5) is 25.2. The van der Waals surface area contributed by atoms with Crippen LogP contribution in [-0.2, 0) is 4.79 Å². The fourth-order valence-electron chi connectivity index (χ4n) is 2.31. The first-order valence-electron chi connectivity index (χ1n) is 6.16. The molecule has 18 heavy (non-hydrogen) atoms. The number of Topliss-reactive ketones (excluding diaryl/α,β-unsaturated/α-hetero) is 1. The summed E-state index contributed by atoms with van der Waals surface area (Å²) in [5, 5.41) is 9.36. The van der Waals surface area contributed by atoms with E-state index in [1.165, 1.54) is 6.07 Å². The lowest BCUT2D eigenvalue weighted by Gasteiger charge is -2.30. The molecule has 4 heteroatoms. The SMILES string of the molecule is CC(=O)C1CCN(C(=O)c2cccc(O)c2)CC1. The topological polar surface area (TPSA) is 57.6 Å². The Labute approximate surface area is 106 Å². The highest BCUT2D eigenvalue weighted by molar-refractivity contribution is 5.94. The second kappa shape index (κ2) is 5.21. The highest BCUT2D eigenvalue weighted by Crippen LogP contribution is 2.20. The number of aromatic hydroxyl groups is 1. The van der Waals surface area contributed by atoms with Gasteiger partial charge in [-0.3, -0.25) is 9.59 Å². The molecule has 0 aliphatic carbocycles. The first kappa shape index (κ1) is 12.6. The molecule has 0 bridgehead atoms. The van der Waals surface area contributed by atoms with Crippen LogP contribution in [0.1, 0.15) is 30.1 Å². The van der Waals surface area contributed by atoms with Gasteiger partial charge in [-0.1, -0.05) is 6.07 Å². The number of likely N-dealkylation sites (tertiary alicyclic amines) is 1. The molecule has 0 aromatic heterocycles. The van der Waals surface area contributed by atoms with Crippen molar-refractivity contribution in [2.45, 2.75) is 19.8 Å². The van der Waals surface area contributed by atoms with Crippen molar-refractivity contribution in [3.63, 3.8) is 0 Å². The third kappa shape index (κ3) is 2.70. The van der Waals surface area contributed by atoms with Crippen LogP contribution in [0.25, 0.3) is 0 Å². The van der Waals surface area contributed by atoms with Crippen LogP contribution >= 0.6 is 0 Å². The first-order valence-corrected chi connectivity index (χ1v) is 6.16. The van der Waals surface area contributed by atoms with Gasteiger partial charge in [0.05, 0.1) is 0 Å². The van der Waals surface area contributed by atoms with Gasteiger partial charge in [-0.25, -0.2) is 0 Å². The molecule has 1 fully saturated rings. The number of ketones is 1. The van der Waals surface area contributed by atoms with Crippen LogP contribution in [0.5, 0.6) is 5.75 Å². The van der Waals surface area contributed by atoms with E-state index < -0.39 is 0 Å². The Morgan fingerprint density at radius 1 is 1.28 bits per heavy atom. The molecule has 0 atom stereocenters. The zero-order valence-electron chi connectivity index (χ0n) is 10.4. The summed E-state index contributed by atoms with van der Waals surface area (Å²) < 4.78 is 0. The Balaban J connectivity index is 2.02. The highest BCUT2D eigenvalue weighted by atomic mass is 16.3. The predicted octanol–water partition coefficient (Wildman–Crippen LogP) is 1.83. The molecule has 1 saturated heterocycles. The van der Waals surface area contributed by atoms with E-state index in [1.54, 1.807) is 30.0 Å². The van der Waals surface area contributed by atoms with Crippen molar-refractivity contribution in [1.82, 2.24) is 4.90 Å². The lowest BCUT2D eigenvalue weighted by molar-refractivity contribution is -0.121. The second-order valence-corrected chi connectivity index (χ2v) is 4.73. The lowest BCUT2D eigenvalue weighted by Crippen LogP contribution is -2.39. The van der Waals surface area contributed by atoms with Crippen molar-refractivity contribution in [3.05, 3.63) is 29.8 Å². The summed E-state index contributed by atoms with van der Waals surface area (Å²) in [6.45, 7) is 2.83. The number of benzene rings is 1. The molecule has 2 rings (SSSR count). The minimum absolute atomic E-state index is 0.0760. The number of amides is 1. The van der Waals surface area contributed by atoms with E-state index in [-0.39, 0.29) is 23.4 Å². The number of nitrogens with zero attached hydrogens (tertiary/aromatic N) is 1. The van der Waals surface area contributed by atoms with Gasteiger partial charge in [0.15, 0.2) is 0 Å². The standard InChI is InChI=1S/C14H17NO3/c1-10(16)11-5-7-15(8-6-11)14(18)12-3-2-4-13(17)9-12/h2-4,9,11,17H,5-8H2,1H3. The molecule has 1 amide bonds. The molecule has 1 aliphatic rings. The Bertz CT molecular complexity index is 462. The van der Waals surface area contributed by atoms with Crippen LogP contribution in [0.4, 0.5) is 0 Å². The fraction of sp³-hybridized carbons (Fsp3) is 0.429. The van der Waals surface area contributed by atoms with Crippen LogP contribution < -0.4 is 0 Å². The number of hydrogen-bond acceptors (Lipinski definition) is 3. The number of piperidine rings is 1. The van der Waals surface area contributed by atoms with Crippen LogP contribution in [0.2, 0.25) is 0 Å². The fourth-order valence-corrected chi connectivity index (χ4v) is 2.31. The quantitative estimate of drug-likeness (QED) is 0.867. The minimum atomic E-state index is -0.0760. The molecule has 1 N–H and O–H groups in total. The average molecular weight is 247 g/mol. The predicted molar refractivity (Wildman–Crippen MR) is 67.4 cm³/mol. The van der Waals surface area contributed by atoms with Crippen LogP contribution in [0.15, 0.2) is 24.3 Å². The lowest BCUT2D eigenvalue weighted by atomic mass is 9.93. The van der Waals surface area contributed by atoms with E-state index in [0.29, 0.717) is 18.7 Å². The summed E-state index contributed by atoms with van der Waals surface area (Å²) in [6.07, 6.45) is 1.47. The van der Waals surface area contributed by atoms with Crippen LogP contribution in [-0.4, -0.2) is 34.8 Å². The molecule has 0 radical (unpaired) electrons. The largest absolute Gasteiger partial charge is 0.508 e. The number of carbonyl (C=O) groups is 2. The van der Waals surface area contributed by atoms with Gasteiger partial charge >= 0.3 is 0 Å². The number of hydrogen-bond donors (Lipinski definition) is 1. The van der Waals surface area contributed by atoms with Crippen molar-refractivity contribution >= 4 is 11.7 Å². The second-order valence-electron chi connectivity index (χ2n) is 4.73. The summed E-state index contributed by atoms with van der Waals surface area (Å²) in [5.41, 5.74) is 0.497. The van der Waals surface area contributed by atoms with E-state index in [9.17, 15) is 14.7 Å². The number of phenolic OH excluding ortho intramolecular Hbond substituents is 1. The van der Waals surface area contributed by atoms with Gasteiger partial charge in [0.25, 0.3) is 5.91 Å². The molecular formula is C14H17NO3. The maximum Gasteiger partial charge on any atom is 0.253 e. The first-order chi connectivity index (χ1) is 8.58. The van der Waals surface area contributed by atoms with E-state index in [1.807, 2.05) is 0 Å². The average Bonchev–Trinajstić information content (AvgIpc) is 2.38. The van der Waals surface area contributed by atoms with Gasteiger partial charge in [-0.05, 0) is 38.0 Å². The number of rotatable bonds is 2. The normalized spacial score (nSPS) is 16.6. The Morgan fingerprint density at radius 2 is 1.94 bits per heavy atom. The molecule has 1 aromatic rings. The van der Waals surface area contributed by atoms with Gasteiger partial charge in [0.1, 0.15) is 11.5 Å². The van der Waals surface area contributed by atoms with Gasteiger partial charge < -0.3 is 10.0 Å². The van der Waals surface area contributed by atoms with Gasteiger partial charge in [-0.2, -0.15) is 0 Å². The van der Waals surface area contributed by atoms with Crippen LogP contribution in [0, 0.1) is 5.92 Å². The molecule has 4 nitrogen and oxygen atoms in total. The smallest absolute Gasteiger partial charge is 0.253 e. The zero-order valence-corrected chi connectivity index (χ0v) is 10.4. The highest BCUT2D eigenvalue weighted by Gasteiger charge is 2.25. The third-order valence-corrected chi connectivity index (χ3v) is 3.45. The maximum atomic E-state index is 12.2. The van der Waals surface area contributed by atoms with Crippen molar-refractivity contribution in [2.75, 3.05) is 13.1 Å². The molecule has 0 saturated carbocycles. The van der Waals surface area contributed by atoms with E-state index in [4.69, 9.17) is 0 Å². The van der Waals surface area contributed by atoms with Gasteiger partial charge in [0.2, 0.25) is 0 Å². The minimum Gasteiger partial charge on any atom is -0.508 e. The van der Waals surface area contributed by atoms with Crippen molar-refractivity contribution < 1.29 is 14.7 Å². The molecule has 1 aliphatic heterocycles. The molecule has 1 heterocycles. The molecule has 0 unspecified atom stereocenters. The van der Waals surface area contributed by atoms with Gasteiger partial charge in [-0.15, -0.1) is 0 Å². The van der Waals surface area contributed by atoms with Crippen molar-refractivity contribution in [3.8, 4) is 5.75 Å². The Morgan fingerprint density at radius 3 is 2.50 bits per heavy atom. The van der Waals surface area contributed by atoms with E-state index in [0.717, 1.165) is 12.8 Å². The van der Waals surface area contributed by atoms with E-state index in [2.05, 4.69) is 0 Å². The van der Waals surface area contributed by atoms with Crippen molar-refractivity contribution in [1.29, 1.82) is 0 Å². The zero-order chi connectivity index (χ0) is 13.1. The van der Waals surface area contributed by atoms with Crippen LogP contribution in [0.3, 0.4) is 0 Å². The van der Waals surface area contributed by atoms with Crippen molar-refractivity contribution in [2.24, 2.45) is 5.92 Å². The molecule has 96 valence electrons. The summed E-state index contributed by atoms with van der Waals surface area (Å²) in [5.74, 6) is 0.324. The molecule has 1 aromatic carbocycles. The summed E-state index contributed by atoms with van der Waals surface area (Å²) in [6, 6.07) is 6.36. The summed E-state index contributed by atoms with van der Waals surface area (Å²) in [7, 11) is 0. The number of carbonyl (C=O) groups excluding carboxylic acids is 2. The molecular weight excluding hydrogens is 230 g/mol. The van der Waals surface area contributed by atoms with Gasteiger partial charge in [0, 0.05) is 24.6 Å². The number of phenols is 1. The Kier molecular flexibility index (Phi) is 3.65. The summed E-state index contributed by atoms with van der Waals surface area (Å²) >= 11 is 0. The monoisotopic (exact) mass is 247 g/mol. The third-order valence-electron chi connectivity index (χ3n) is 3.45. The molecule has 0 spiro atoms. The van der Waals surface area contributed by atoms with E-state index >= 15 is 0 Å². The maximum absolute atomic E-state index is 12.2.